The van der Waals surface area contributed by atoms with Crippen LogP contribution in [0.5, 0.6) is 11.5 Å². The minimum Gasteiger partial charge on any atom is -0.493 e. The van der Waals surface area contributed by atoms with Gasteiger partial charge < -0.3 is 14.4 Å². The summed E-state index contributed by atoms with van der Waals surface area (Å²) in [6.07, 6.45) is 2.73. The summed E-state index contributed by atoms with van der Waals surface area (Å²) in [6, 6.07) is 3.09. The molecule has 27 heavy (non-hydrogen) atoms. The Labute approximate surface area is 162 Å². The van der Waals surface area contributed by atoms with E-state index in [-0.39, 0.29) is 17.2 Å². The third-order valence-corrected chi connectivity index (χ3v) is 6.94. The lowest BCUT2D eigenvalue weighted by atomic mass is 10.1. The second kappa shape index (κ2) is 9.41. The lowest BCUT2D eigenvalue weighted by Crippen LogP contribution is -2.37. The monoisotopic (exact) mass is 398 g/mol. The van der Waals surface area contributed by atoms with Gasteiger partial charge in [-0.3, -0.25) is 4.79 Å². The van der Waals surface area contributed by atoms with Gasteiger partial charge in [-0.15, -0.1) is 0 Å². The quantitative estimate of drug-likeness (QED) is 0.672. The van der Waals surface area contributed by atoms with Gasteiger partial charge in [-0.05, 0) is 38.3 Å². The summed E-state index contributed by atoms with van der Waals surface area (Å²) < 4.78 is 38.7. The molecule has 2 rings (SSSR count). The van der Waals surface area contributed by atoms with E-state index < -0.39 is 10.0 Å². The molecule has 1 saturated heterocycles. The molecule has 0 spiro atoms. The predicted octanol–water partition coefficient (Wildman–Crippen LogP) is 2.29. The third-order valence-electron chi connectivity index (χ3n) is 4.96. The highest BCUT2D eigenvalue weighted by Crippen LogP contribution is 2.35. The number of sulfonamides is 1. The molecule has 0 bridgehead atoms. The smallest absolute Gasteiger partial charge is 0.243 e. The van der Waals surface area contributed by atoms with E-state index in [0.717, 1.165) is 19.3 Å². The average molecular weight is 399 g/mol. The molecule has 1 heterocycles. The van der Waals surface area contributed by atoms with Crippen molar-refractivity contribution in [3.05, 3.63) is 17.7 Å². The number of methoxy groups -OCH3 is 2. The first-order valence-corrected chi connectivity index (χ1v) is 10.9. The van der Waals surface area contributed by atoms with Crippen LogP contribution in [0, 0.1) is 0 Å². The van der Waals surface area contributed by atoms with Crippen molar-refractivity contribution in [3.63, 3.8) is 0 Å². The van der Waals surface area contributed by atoms with Gasteiger partial charge in [-0.2, -0.15) is 4.31 Å². The maximum atomic E-state index is 13.3. The number of amides is 1. The van der Waals surface area contributed by atoms with Crippen molar-refractivity contribution < 1.29 is 22.7 Å². The van der Waals surface area contributed by atoms with Gasteiger partial charge in [0.15, 0.2) is 11.5 Å². The summed E-state index contributed by atoms with van der Waals surface area (Å²) in [4.78, 5) is 14.4. The number of carbonyl (C=O) groups excluding carboxylic acids is 1. The van der Waals surface area contributed by atoms with Crippen LogP contribution in [0.15, 0.2) is 17.0 Å². The van der Waals surface area contributed by atoms with E-state index in [1.807, 2.05) is 13.8 Å². The van der Waals surface area contributed by atoms with Crippen LogP contribution in [0.3, 0.4) is 0 Å². The van der Waals surface area contributed by atoms with E-state index in [0.29, 0.717) is 43.2 Å². The molecule has 7 nitrogen and oxygen atoms in total. The Kier molecular flexibility index (Phi) is 7.49. The fourth-order valence-corrected chi connectivity index (χ4v) is 5.11. The van der Waals surface area contributed by atoms with Crippen molar-refractivity contribution >= 4 is 15.9 Å². The molecular weight excluding hydrogens is 368 g/mol. The average Bonchev–Trinajstić information content (AvgIpc) is 2.69. The zero-order valence-electron chi connectivity index (χ0n) is 16.7. The Bertz CT molecular complexity index is 754. The number of carbonyl (C=O) groups is 1. The molecule has 0 unspecified atom stereocenters. The van der Waals surface area contributed by atoms with E-state index >= 15 is 0 Å². The topological polar surface area (TPSA) is 76.1 Å². The first kappa shape index (κ1) is 21.5. The third kappa shape index (κ3) is 4.73. The van der Waals surface area contributed by atoms with Gasteiger partial charge in [-0.25, -0.2) is 8.42 Å². The zero-order valence-corrected chi connectivity index (χ0v) is 17.5. The summed E-state index contributed by atoms with van der Waals surface area (Å²) in [5.41, 5.74) is 0.440. The number of hydrogen-bond acceptors (Lipinski definition) is 5. The van der Waals surface area contributed by atoms with Crippen LogP contribution in [0.2, 0.25) is 0 Å². The Hall–Kier alpha value is -1.80. The van der Waals surface area contributed by atoms with Crippen LogP contribution in [-0.4, -0.2) is 63.9 Å². The van der Waals surface area contributed by atoms with Crippen LogP contribution < -0.4 is 9.47 Å². The summed E-state index contributed by atoms with van der Waals surface area (Å²) in [5, 5.41) is 0. The van der Waals surface area contributed by atoms with Gasteiger partial charge in [0.1, 0.15) is 0 Å². The number of rotatable bonds is 8. The van der Waals surface area contributed by atoms with Gasteiger partial charge in [0.05, 0.1) is 25.5 Å². The van der Waals surface area contributed by atoms with Crippen molar-refractivity contribution in [1.29, 1.82) is 0 Å². The Balaban J connectivity index is 2.51. The van der Waals surface area contributed by atoms with Crippen LogP contribution in [0.1, 0.15) is 38.7 Å². The fourth-order valence-electron chi connectivity index (χ4n) is 3.38. The summed E-state index contributed by atoms with van der Waals surface area (Å²) in [7, 11) is -0.747. The molecule has 152 valence electrons. The molecule has 0 radical (unpaired) electrons. The molecule has 0 saturated carbocycles. The van der Waals surface area contributed by atoms with Crippen LogP contribution in [0.25, 0.3) is 0 Å². The first-order chi connectivity index (χ1) is 12.9. The normalized spacial score (nSPS) is 15.4. The maximum absolute atomic E-state index is 13.3. The lowest BCUT2D eigenvalue weighted by molar-refractivity contribution is -0.130. The van der Waals surface area contributed by atoms with E-state index in [4.69, 9.17) is 9.47 Å². The highest BCUT2D eigenvalue weighted by atomic mass is 32.2. The van der Waals surface area contributed by atoms with Crippen molar-refractivity contribution in [1.82, 2.24) is 9.21 Å². The van der Waals surface area contributed by atoms with Gasteiger partial charge in [0.2, 0.25) is 15.9 Å². The molecule has 1 amide bonds. The molecule has 0 aromatic heterocycles. The summed E-state index contributed by atoms with van der Waals surface area (Å²) in [6.45, 7) is 5.97. The van der Waals surface area contributed by atoms with Gasteiger partial charge in [-0.1, -0.05) is 6.42 Å². The molecule has 1 aromatic rings. The number of ether oxygens (including phenoxy) is 2. The molecule has 1 aliphatic heterocycles. The number of piperidine rings is 1. The Morgan fingerprint density at radius 3 is 2.11 bits per heavy atom. The second-order valence-electron chi connectivity index (χ2n) is 6.52. The van der Waals surface area contributed by atoms with Crippen molar-refractivity contribution in [2.45, 2.75) is 44.4 Å². The zero-order chi connectivity index (χ0) is 20.0. The molecule has 0 aliphatic carbocycles. The van der Waals surface area contributed by atoms with E-state index in [2.05, 4.69) is 0 Å². The predicted molar refractivity (Wildman–Crippen MR) is 104 cm³/mol. The van der Waals surface area contributed by atoms with Crippen LogP contribution in [-0.2, 0) is 21.2 Å². The standard InChI is InChI=1S/C19H30N2O5S/c1-5-20(6-2)19(22)13-15-12-16(25-3)17(26-4)14-18(15)27(23,24)21-10-8-7-9-11-21/h12,14H,5-11,13H2,1-4H3. The highest BCUT2D eigenvalue weighted by Gasteiger charge is 2.30. The number of likely N-dealkylation sites (N-methyl/N-ethyl adjacent to an activating group) is 1. The van der Waals surface area contributed by atoms with Gasteiger partial charge >= 0.3 is 0 Å². The lowest BCUT2D eigenvalue weighted by Gasteiger charge is -2.27. The largest absolute Gasteiger partial charge is 0.493 e. The molecule has 0 atom stereocenters. The summed E-state index contributed by atoms with van der Waals surface area (Å²) in [5.74, 6) is 0.645. The maximum Gasteiger partial charge on any atom is 0.243 e. The molecular formula is C19H30N2O5S. The van der Waals surface area contributed by atoms with Crippen LogP contribution >= 0.6 is 0 Å². The van der Waals surface area contributed by atoms with E-state index in [1.54, 1.807) is 11.0 Å². The second-order valence-corrected chi connectivity index (χ2v) is 8.43. The van der Waals surface area contributed by atoms with Crippen molar-refractivity contribution in [2.75, 3.05) is 40.4 Å². The Morgan fingerprint density at radius 2 is 1.59 bits per heavy atom. The Morgan fingerprint density at radius 1 is 1.04 bits per heavy atom. The van der Waals surface area contributed by atoms with E-state index in [9.17, 15) is 13.2 Å². The number of hydrogen-bond donors (Lipinski definition) is 0. The SMILES string of the molecule is CCN(CC)C(=O)Cc1cc(OC)c(OC)cc1S(=O)(=O)N1CCCCC1. The van der Waals surface area contributed by atoms with Crippen LogP contribution in [0.4, 0.5) is 0 Å². The molecule has 1 aliphatic rings. The number of nitrogens with zero attached hydrogens (tertiary/aromatic N) is 2. The highest BCUT2D eigenvalue weighted by molar-refractivity contribution is 7.89. The molecule has 1 aromatic carbocycles. The van der Waals surface area contributed by atoms with Gasteiger partial charge in [0, 0.05) is 32.2 Å². The minimum absolute atomic E-state index is 0.00440. The minimum atomic E-state index is -3.71. The van der Waals surface area contributed by atoms with Crippen molar-refractivity contribution in [3.8, 4) is 11.5 Å². The first-order valence-electron chi connectivity index (χ1n) is 9.41. The molecule has 0 N–H and O–H groups in total. The number of benzene rings is 1. The fraction of sp³-hybridized carbons (Fsp3) is 0.632. The molecule has 1 fully saturated rings. The van der Waals surface area contributed by atoms with Crippen molar-refractivity contribution in [2.24, 2.45) is 0 Å². The molecule has 8 heteroatoms. The summed E-state index contributed by atoms with van der Waals surface area (Å²) >= 11 is 0. The van der Waals surface area contributed by atoms with E-state index in [1.165, 1.54) is 24.6 Å². The van der Waals surface area contributed by atoms with Gasteiger partial charge in [0.25, 0.3) is 0 Å².